The molecule has 0 aliphatic carbocycles. The van der Waals surface area contributed by atoms with Crippen LogP contribution in [0, 0.1) is 0 Å². The van der Waals surface area contributed by atoms with Crippen LogP contribution in [-0.4, -0.2) is 29.4 Å². The lowest BCUT2D eigenvalue weighted by Gasteiger charge is -2.02. The predicted octanol–water partition coefficient (Wildman–Crippen LogP) is 2.32. The van der Waals surface area contributed by atoms with Crippen molar-refractivity contribution < 1.29 is 0 Å². The van der Waals surface area contributed by atoms with Gasteiger partial charge in [-0.25, -0.2) is 0 Å². The zero-order chi connectivity index (χ0) is 6.41. The van der Waals surface area contributed by atoms with Gasteiger partial charge < -0.3 is 0 Å². The fourth-order valence-corrected chi connectivity index (χ4v) is 2.27. The van der Waals surface area contributed by atoms with Crippen LogP contribution in [0.4, 0.5) is 0 Å². The first-order chi connectivity index (χ1) is 3.81. The summed E-state index contributed by atoms with van der Waals surface area (Å²) in [6.07, 6.45) is 4.16. The molecule has 0 aromatic carbocycles. The van der Waals surface area contributed by atoms with Gasteiger partial charge in [0.1, 0.15) is 0 Å². The van der Waals surface area contributed by atoms with Gasteiger partial charge in [0.05, 0.1) is 5.38 Å². The van der Waals surface area contributed by atoms with E-state index < -0.39 is 0 Å². The Hall–Kier alpha value is 0.990. The van der Waals surface area contributed by atoms with Crippen molar-refractivity contribution in [3.8, 4) is 0 Å². The van der Waals surface area contributed by atoms with Crippen LogP contribution in [0.25, 0.3) is 0 Å². The molecule has 50 valence electrons. The molecule has 0 aromatic heterocycles. The molecule has 0 nitrogen and oxygen atoms in total. The third-order valence-corrected chi connectivity index (χ3v) is 2.84. The van der Waals surface area contributed by atoms with E-state index in [1.165, 1.54) is 0 Å². The Kier molecular flexibility index (Phi) is 6.87. The Balaban J connectivity index is 2.92. The molecule has 0 spiro atoms. The topological polar surface area (TPSA) is 0 Å². The van der Waals surface area contributed by atoms with Gasteiger partial charge in [-0.15, -0.1) is 11.6 Å². The highest BCUT2D eigenvalue weighted by molar-refractivity contribution is 7.99. The standard InChI is InChI=1S/C5H11ClS2/c1-7-3-5(6)4-8-2/h5H,3-4H2,1-2H3. The summed E-state index contributed by atoms with van der Waals surface area (Å²) in [6, 6.07) is 0. The minimum absolute atomic E-state index is 0.361. The molecule has 0 radical (unpaired) electrons. The molecule has 0 heterocycles. The Labute approximate surface area is 64.7 Å². The van der Waals surface area contributed by atoms with Crippen molar-refractivity contribution in [3.05, 3.63) is 0 Å². The van der Waals surface area contributed by atoms with E-state index in [1.54, 1.807) is 23.5 Å². The lowest BCUT2D eigenvalue weighted by Crippen LogP contribution is -2.04. The quantitative estimate of drug-likeness (QED) is 0.595. The van der Waals surface area contributed by atoms with Crippen molar-refractivity contribution in [1.82, 2.24) is 0 Å². The molecule has 0 aliphatic rings. The van der Waals surface area contributed by atoms with E-state index in [-0.39, 0.29) is 0 Å². The predicted molar refractivity (Wildman–Crippen MR) is 46.4 cm³/mol. The lowest BCUT2D eigenvalue weighted by molar-refractivity contribution is 1.14. The largest absolute Gasteiger partial charge is 0.164 e. The second-order valence-corrected chi connectivity index (χ2v) is 3.95. The highest BCUT2D eigenvalue weighted by atomic mass is 35.5. The Morgan fingerprint density at radius 3 is 1.88 bits per heavy atom. The zero-order valence-corrected chi connectivity index (χ0v) is 7.57. The van der Waals surface area contributed by atoms with E-state index in [2.05, 4.69) is 12.5 Å². The van der Waals surface area contributed by atoms with Gasteiger partial charge in [0.25, 0.3) is 0 Å². The van der Waals surface area contributed by atoms with Crippen LogP contribution in [0.2, 0.25) is 0 Å². The maximum absolute atomic E-state index is 5.84. The summed E-state index contributed by atoms with van der Waals surface area (Å²) in [7, 11) is 0. The molecule has 0 aromatic rings. The Morgan fingerprint density at radius 1 is 1.25 bits per heavy atom. The minimum Gasteiger partial charge on any atom is -0.164 e. The lowest BCUT2D eigenvalue weighted by atomic mass is 10.6. The summed E-state index contributed by atoms with van der Waals surface area (Å²) >= 11 is 9.45. The molecule has 0 saturated heterocycles. The van der Waals surface area contributed by atoms with Crippen molar-refractivity contribution in [1.29, 1.82) is 0 Å². The minimum atomic E-state index is 0.361. The zero-order valence-electron chi connectivity index (χ0n) is 5.19. The molecular weight excluding hydrogens is 160 g/mol. The van der Waals surface area contributed by atoms with E-state index in [0.29, 0.717) is 5.38 Å². The van der Waals surface area contributed by atoms with Gasteiger partial charge >= 0.3 is 0 Å². The monoisotopic (exact) mass is 170 g/mol. The fraction of sp³-hybridized carbons (Fsp3) is 1.00. The smallest absolute Gasteiger partial charge is 0.0516 e. The Bertz CT molecular complexity index is 43.7. The van der Waals surface area contributed by atoms with E-state index in [9.17, 15) is 0 Å². The maximum Gasteiger partial charge on any atom is 0.0516 e. The van der Waals surface area contributed by atoms with Crippen LogP contribution in [0.1, 0.15) is 0 Å². The van der Waals surface area contributed by atoms with Crippen LogP contribution in [0.3, 0.4) is 0 Å². The van der Waals surface area contributed by atoms with Crippen molar-refractivity contribution >= 4 is 35.1 Å². The van der Waals surface area contributed by atoms with Gasteiger partial charge in [-0.3, -0.25) is 0 Å². The van der Waals surface area contributed by atoms with Gasteiger partial charge in [-0.2, -0.15) is 23.5 Å². The summed E-state index contributed by atoms with van der Waals surface area (Å²) in [5.74, 6) is 2.14. The molecule has 0 N–H and O–H groups in total. The van der Waals surface area contributed by atoms with Crippen LogP contribution >= 0.6 is 35.1 Å². The third-order valence-electron chi connectivity index (χ3n) is 0.695. The van der Waals surface area contributed by atoms with Crippen LogP contribution in [0.15, 0.2) is 0 Å². The first kappa shape index (κ1) is 8.99. The van der Waals surface area contributed by atoms with Gasteiger partial charge in [0, 0.05) is 11.5 Å². The second kappa shape index (κ2) is 6.12. The highest BCUT2D eigenvalue weighted by Gasteiger charge is 1.99. The average molecular weight is 171 g/mol. The molecule has 0 rings (SSSR count). The van der Waals surface area contributed by atoms with Crippen LogP contribution in [-0.2, 0) is 0 Å². The molecule has 0 saturated carbocycles. The molecule has 0 unspecified atom stereocenters. The van der Waals surface area contributed by atoms with E-state index >= 15 is 0 Å². The van der Waals surface area contributed by atoms with Crippen molar-refractivity contribution in [2.75, 3.05) is 24.0 Å². The van der Waals surface area contributed by atoms with Gasteiger partial charge in [0.15, 0.2) is 0 Å². The summed E-state index contributed by atoms with van der Waals surface area (Å²) in [4.78, 5) is 0. The molecule has 0 fully saturated rings. The van der Waals surface area contributed by atoms with Gasteiger partial charge in [0.2, 0.25) is 0 Å². The second-order valence-electron chi connectivity index (χ2n) is 1.51. The Morgan fingerprint density at radius 2 is 1.62 bits per heavy atom. The van der Waals surface area contributed by atoms with Crippen molar-refractivity contribution in [2.45, 2.75) is 5.38 Å². The number of halogens is 1. The fourth-order valence-electron chi connectivity index (χ4n) is 0.410. The normalized spacial score (nSPS) is 10.5. The molecule has 0 amide bonds. The number of thioether (sulfide) groups is 2. The summed E-state index contributed by atoms with van der Waals surface area (Å²) in [5.41, 5.74) is 0. The first-order valence-corrected chi connectivity index (χ1v) is 5.65. The first-order valence-electron chi connectivity index (χ1n) is 2.43. The van der Waals surface area contributed by atoms with Crippen molar-refractivity contribution in [2.24, 2.45) is 0 Å². The van der Waals surface area contributed by atoms with Gasteiger partial charge in [-0.1, -0.05) is 0 Å². The number of rotatable bonds is 4. The molecule has 0 aliphatic heterocycles. The molecule has 0 atom stereocenters. The summed E-state index contributed by atoms with van der Waals surface area (Å²) in [5, 5.41) is 0.361. The van der Waals surface area contributed by atoms with Crippen LogP contribution in [0.5, 0.6) is 0 Å². The number of hydrogen-bond acceptors (Lipinski definition) is 2. The van der Waals surface area contributed by atoms with Gasteiger partial charge in [-0.05, 0) is 12.5 Å². The molecule has 3 heteroatoms. The third kappa shape index (κ3) is 5.13. The maximum atomic E-state index is 5.84. The summed E-state index contributed by atoms with van der Waals surface area (Å²) < 4.78 is 0. The SMILES string of the molecule is CSCC(Cl)CSC. The molecule has 0 bridgehead atoms. The van der Waals surface area contributed by atoms with Crippen molar-refractivity contribution in [3.63, 3.8) is 0 Å². The number of hydrogen-bond donors (Lipinski definition) is 0. The van der Waals surface area contributed by atoms with Crippen LogP contribution < -0.4 is 0 Å². The van der Waals surface area contributed by atoms with E-state index in [4.69, 9.17) is 11.6 Å². The summed E-state index contributed by atoms with van der Waals surface area (Å²) in [6.45, 7) is 0. The highest BCUT2D eigenvalue weighted by Crippen LogP contribution is 2.08. The average Bonchev–Trinajstić information content (AvgIpc) is 1.68. The number of alkyl halides is 1. The molecule has 8 heavy (non-hydrogen) atoms. The van der Waals surface area contributed by atoms with E-state index in [1.807, 2.05) is 0 Å². The van der Waals surface area contributed by atoms with E-state index in [0.717, 1.165) is 11.5 Å². The molecular formula is C5H11ClS2.